The Morgan fingerprint density at radius 1 is 0.920 bits per heavy atom. The zero-order valence-corrected chi connectivity index (χ0v) is 16.7. The molecule has 0 atom stereocenters. The molecular formula is C23H30O2. The van der Waals surface area contributed by atoms with Crippen molar-refractivity contribution in [3.8, 4) is 5.75 Å². The lowest BCUT2D eigenvalue weighted by atomic mass is 9.78. The number of benzene rings is 1. The molecule has 1 N–H and O–H groups in total. The predicted molar refractivity (Wildman–Crippen MR) is 106 cm³/mol. The van der Waals surface area contributed by atoms with Crippen LogP contribution in [0.5, 0.6) is 5.75 Å². The van der Waals surface area contributed by atoms with Crippen molar-refractivity contribution in [2.75, 3.05) is 0 Å². The Morgan fingerprint density at radius 3 is 2.04 bits per heavy atom. The highest BCUT2D eigenvalue weighted by Crippen LogP contribution is 2.36. The van der Waals surface area contributed by atoms with Gasteiger partial charge in [-0.05, 0) is 77.3 Å². The molecule has 0 amide bonds. The molecule has 0 bridgehead atoms. The van der Waals surface area contributed by atoms with Gasteiger partial charge in [0.05, 0.1) is 0 Å². The first-order valence-electron chi connectivity index (χ1n) is 8.81. The molecule has 0 saturated carbocycles. The minimum atomic E-state index is -0.187. The van der Waals surface area contributed by atoms with Crippen LogP contribution in [0.15, 0.2) is 41.0 Å². The molecule has 0 fully saturated rings. The predicted octanol–water partition coefficient (Wildman–Crippen LogP) is 5.88. The Balaban J connectivity index is 2.59. The number of hydrogen-bond acceptors (Lipinski definition) is 2. The van der Waals surface area contributed by atoms with Crippen LogP contribution >= 0.6 is 0 Å². The first kappa shape index (κ1) is 19.2. The van der Waals surface area contributed by atoms with Crippen molar-refractivity contribution in [1.82, 2.24) is 0 Å². The Labute approximate surface area is 152 Å². The molecule has 0 spiro atoms. The average molecular weight is 338 g/mol. The average Bonchev–Trinajstić information content (AvgIpc) is 2.43. The lowest BCUT2D eigenvalue weighted by molar-refractivity contribution is -0.113. The van der Waals surface area contributed by atoms with E-state index < -0.39 is 0 Å². The molecule has 0 radical (unpaired) electrons. The van der Waals surface area contributed by atoms with E-state index in [2.05, 4.69) is 47.6 Å². The minimum absolute atomic E-state index is 0.127. The second-order valence-electron chi connectivity index (χ2n) is 9.09. The number of allylic oxidation sites excluding steroid dienone is 5. The maximum Gasteiger partial charge on any atom is 0.185 e. The van der Waals surface area contributed by atoms with Crippen molar-refractivity contribution >= 4 is 11.9 Å². The molecular weight excluding hydrogens is 308 g/mol. The van der Waals surface area contributed by atoms with Crippen LogP contribution < -0.4 is 0 Å². The van der Waals surface area contributed by atoms with Crippen LogP contribution in [0.25, 0.3) is 6.08 Å². The summed E-state index contributed by atoms with van der Waals surface area (Å²) >= 11 is 0. The van der Waals surface area contributed by atoms with E-state index in [1.165, 1.54) is 0 Å². The quantitative estimate of drug-likeness (QED) is 0.694. The van der Waals surface area contributed by atoms with E-state index in [1.807, 2.05) is 38.1 Å². The molecule has 0 heterocycles. The highest BCUT2D eigenvalue weighted by Gasteiger charge is 2.27. The van der Waals surface area contributed by atoms with Gasteiger partial charge < -0.3 is 5.11 Å². The first-order chi connectivity index (χ1) is 11.3. The number of hydrogen-bond donors (Lipinski definition) is 1. The zero-order chi connectivity index (χ0) is 19.2. The van der Waals surface area contributed by atoms with Crippen molar-refractivity contribution < 1.29 is 9.90 Å². The second-order valence-corrected chi connectivity index (χ2v) is 9.09. The number of phenolic OH excluding ortho intramolecular Hbond substituents is 1. The number of carbonyl (C=O) groups excluding carboxylic acids is 1. The molecule has 1 aromatic rings. The number of aryl methyl sites for hydroxylation is 1. The van der Waals surface area contributed by atoms with Gasteiger partial charge in [-0.25, -0.2) is 0 Å². The second kappa shape index (κ2) is 6.33. The number of carbonyl (C=O) groups is 1. The highest BCUT2D eigenvalue weighted by atomic mass is 16.3. The van der Waals surface area contributed by atoms with Crippen LogP contribution in [0.1, 0.15) is 65.2 Å². The lowest BCUT2D eigenvalue weighted by Crippen LogP contribution is -2.21. The van der Waals surface area contributed by atoms with Crippen molar-refractivity contribution in [2.45, 2.75) is 60.8 Å². The summed E-state index contributed by atoms with van der Waals surface area (Å²) in [5, 5.41) is 10.4. The smallest absolute Gasteiger partial charge is 0.185 e. The molecule has 1 aliphatic rings. The van der Waals surface area contributed by atoms with Crippen molar-refractivity contribution in [2.24, 2.45) is 5.41 Å². The zero-order valence-electron chi connectivity index (χ0n) is 16.7. The Bertz CT molecular complexity index is 804. The Kier molecular flexibility index (Phi) is 4.87. The fourth-order valence-corrected chi connectivity index (χ4v) is 3.10. The van der Waals surface area contributed by atoms with Crippen LogP contribution in [-0.4, -0.2) is 10.9 Å². The standard InChI is InChI=1S/C23H30O2/c1-14-9-16(12-18(20(14)24)22(3,4)5)11-17-10-15(2)21(25)19(13-17)23(6,7)8/h9-13,24H,1-8H3. The fourth-order valence-electron chi connectivity index (χ4n) is 3.10. The molecule has 1 aromatic carbocycles. The van der Waals surface area contributed by atoms with Crippen LogP contribution in [0.4, 0.5) is 0 Å². The Hall–Kier alpha value is -2.09. The van der Waals surface area contributed by atoms with Crippen LogP contribution in [0, 0.1) is 12.3 Å². The van der Waals surface area contributed by atoms with Gasteiger partial charge >= 0.3 is 0 Å². The van der Waals surface area contributed by atoms with Gasteiger partial charge in [-0.2, -0.15) is 0 Å². The summed E-state index contributed by atoms with van der Waals surface area (Å²) in [6.45, 7) is 16.3. The molecule has 0 aromatic heterocycles. The molecule has 1 aliphatic carbocycles. The molecule has 2 rings (SSSR count). The summed E-state index contributed by atoms with van der Waals surface area (Å²) in [6, 6.07) is 4.03. The van der Waals surface area contributed by atoms with Gasteiger partial charge in [0.25, 0.3) is 0 Å². The largest absolute Gasteiger partial charge is 0.507 e. The summed E-state index contributed by atoms with van der Waals surface area (Å²) in [7, 11) is 0. The molecule has 2 nitrogen and oxygen atoms in total. The first-order valence-corrected chi connectivity index (χ1v) is 8.81. The monoisotopic (exact) mass is 338 g/mol. The molecule has 134 valence electrons. The summed E-state index contributed by atoms with van der Waals surface area (Å²) in [4.78, 5) is 12.5. The van der Waals surface area contributed by atoms with E-state index >= 15 is 0 Å². The Morgan fingerprint density at radius 2 is 1.52 bits per heavy atom. The van der Waals surface area contributed by atoms with Gasteiger partial charge in [-0.3, -0.25) is 4.79 Å². The van der Waals surface area contributed by atoms with Crippen molar-refractivity contribution in [3.63, 3.8) is 0 Å². The van der Waals surface area contributed by atoms with E-state index in [0.29, 0.717) is 5.75 Å². The van der Waals surface area contributed by atoms with Crippen molar-refractivity contribution in [1.29, 1.82) is 0 Å². The minimum Gasteiger partial charge on any atom is -0.507 e. The highest BCUT2D eigenvalue weighted by molar-refractivity contribution is 6.11. The van der Waals surface area contributed by atoms with Crippen LogP contribution in [0.2, 0.25) is 0 Å². The maximum absolute atomic E-state index is 12.5. The van der Waals surface area contributed by atoms with E-state index in [4.69, 9.17) is 0 Å². The molecule has 2 heteroatoms. The van der Waals surface area contributed by atoms with Gasteiger partial charge in [0, 0.05) is 11.1 Å². The third-order valence-corrected chi connectivity index (χ3v) is 4.57. The third kappa shape index (κ3) is 4.12. The van der Waals surface area contributed by atoms with Gasteiger partial charge in [-0.15, -0.1) is 0 Å². The summed E-state index contributed by atoms with van der Waals surface area (Å²) in [5.74, 6) is 0.494. The third-order valence-electron chi connectivity index (χ3n) is 4.57. The number of Topliss-reactive ketones (excluding diaryl/α,β-unsaturated/α-hetero) is 1. The van der Waals surface area contributed by atoms with E-state index in [-0.39, 0.29) is 16.6 Å². The summed E-state index contributed by atoms with van der Waals surface area (Å²) in [6.07, 6.45) is 6.02. The van der Waals surface area contributed by atoms with Crippen LogP contribution in [0.3, 0.4) is 0 Å². The van der Waals surface area contributed by atoms with E-state index in [0.717, 1.165) is 33.4 Å². The molecule has 0 aliphatic heterocycles. The van der Waals surface area contributed by atoms with Gasteiger partial charge in [0.1, 0.15) is 5.75 Å². The number of ketones is 1. The molecule has 0 saturated heterocycles. The van der Waals surface area contributed by atoms with E-state index in [1.54, 1.807) is 0 Å². The number of rotatable bonds is 1. The fraction of sp³-hybridized carbons (Fsp3) is 0.435. The molecule has 25 heavy (non-hydrogen) atoms. The van der Waals surface area contributed by atoms with Gasteiger partial charge in [0.2, 0.25) is 0 Å². The SMILES string of the molecule is CC1=CC(=Cc2cc(C)c(O)c(C(C)(C)C)c2)C=C(C(C)(C)C)C1=O. The number of phenols is 1. The van der Waals surface area contributed by atoms with E-state index in [9.17, 15) is 9.90 Å². The lowest BCUT2D eigenvalue weighted by Gasteiger charge is -2.25. The maximum atomic E-state index is 12.5. The van der Waals surface area contributed by atoms with Gasteiger partial charge in [0.15, 0.2) is 5.78 Å². The summed E-state index contributed by atoms with van der Waals surface area (Å²) < 4.78 is 0. The van der Waals surface area contributed by atoms with Crippen molar-refractivity contribution in [3.05, 3.63) is 57.7 Å². The molecule has 0 unspecified atom stereocenters. The van der Waals surface area contributed by atoms with Gasteiger partial charge in [-0.1, -0.05) is 41.5 Å². The summed E-state index contributed by atoms with van der Waals surface area (Å²) in [5.41, 5.74) is 5.15. The normalized spacial score (nSPS) is 17.6. The number of aromatic hydroxyl groups is 1. The topological polar surface area (TPSA) is 37.3 Å². The van der Waals surface area contributed by atoms with Crippen LogP contribution in [-0.2, 0) is 10.2 Å².